The van der Waals surface area contributed by atoms with Crippen LogP contribution in [0.25, 0.3) is 0 Å². The van der Waals surface area contributed by atoms with E-state index in [0.29, 0.717) is 21.2 Å². The van der Waals surface area contributed by atoms with Crippen LogP contribution in [0.4, 0.5) is 10.1 Å². The van der Waals surface area contributed by atoms with Crippen LogP contribution in [0.5, 0.6) is 0 Å². The summed E-state index contributed by atoms with van der Waals surface area (Å²) in [7, 11) is 0. The molecule has 0 aromatic heterocycles. The van der Waals surface area contributed by atoms with E-state index in [1.54, 1.807) is 18.2 Å². The number of anilines is 1. The molecule has 0 bridgehead atoms. The van der Waals surface area contributed by atoms with Gasteiger partial charge in [-0.2, -0.15) is 0 Å². The van der Waals surface area contributed by atoms with E-state index in [0.717, 1.165) is 17.3 Å². The van der Waals surface area contributed by atoms with Crippen molar-refractivity contribution in [1.82, 2.24) is 0 Å². The van der Waals surface area contributed by atoms with E-state index < -0.39 is 5.82 Å². The topological polar surface area (TPSA) is 46.2 Å². The van der Waals surface area contributed by atoms with E-state index in [-0.39, 0.29) is 17.4 Å². The smallest absolute Gasteiger partial charge is 0.234 e. The molecule has 23 heavy (non-hydrogen) atoms. The molecular weight excluding hydrogens is 337 g/mol. The number of hydrogen-bond acceptors (Lipinski definition) is 3. The number of thioether (sulfide) groups is 1. The third-order valence-corrected chi connectivity index (χ3v) is 4.45. The first kappa shape index (κ1) is 17.5. The van der Waals surface area contributed by atoms with Crippen LogP contribution in [0.1, 0.15) is 22.8 Å². The van der Waals surface area contributed by atoms with Gasteiger partial charge in [0.1, 0.15) is 5.82 Å². The summed E-state index contributed by atoms with van der Waals surface area (Å²) in [6.45, 7) is 3.24. The molecule has 2 aromatic rings. The maximum Gasteiger partial charge on any atom is 0.234 e. The van der Waals surface area contributed by atoms with E-state index in [1.807, 2.05) is 13.0 Å². The summed E-state index contributed by atoms with van der Waals surface area (Å²) in [4.78, 5) is 23.5. The molecule has 1 amide bonds. The Morgan fingerprint density at radius 2 is 1.96 bits per heavy atom. The molecular formula is C17H15ClFNO2S. The Bertz CT molecular complexity index is 764. The first-order chi connectivity index (χ1) is 10.9. The van der Waals surface area contributed by atoms with Gasteiger partial charge in [0.05, 0.1) is 5.75 Å². The van der Waals surface area contributed by atoms with Crippen LogP contribution in [-0.4, -0.2) is 17.4 Å². The monoisotopic (exact) mass is 351 g/mol. The third-order valence-electron chi connectivity index (χ3n) is 3.17. The highest BCUT2D eigenvalue weighted by atomic mass is 35.5. The molecule has 0 fully saturated rings. The highest BCUT2D eigenvalue weighted by Crippen LogP contribution is 2.24. The van der Waals surface area contributed by atoms with Gasteiger partial charge in [0.25, 0.3) is 0 Å². The zero-order valence-corrected chi connectivity index (χ0v) is 14.2. The first-order valence-corrected chi connectivity index (χ1v) is 8.22. The van der Waals surface area contributed by atoms with Crippen molar-refractivity contribution in [1.29, 1.82) is 0 Å². The summed E-state index contributed by atoms with van der Waals surface area (Å²) in [5.74, 6) is -0.901. The fraction of sp³-hybridized carbons (Fsp3) is 0.176. The van der Waals surface area contributed by atoms with Crippen molar-refractivity contribution in [3.63, 3.8) is 0 Å². The number of Topliss-reactive ketones (excluding diaryl/α,β-unsaturated/α-hetero) is 1. The number of halogens is 2. The predicted molar refractivity (Wildman–Crippen MR) is 91.9 cm³/mol. The van der Waals surface area contributed by atoms with Crippen molar-refractivity contribution in [2.75, 3.05) is 11.1 Å². The number of aryl methyl sites for hydroxylation is 1. The lowest BCUT2D eigenvalue weighted by Gasteiger charge is -2.09. The molecule has 2 rings (SSSR count). The second kappa shape index (κ2) is 7.62. The Hall–Kier alpha value is -1.85. The van der Waals surface area contributed by atoms with E-state index in [9.17, 15) is 14.0 Å². The maximum absolute atomic E-state index is 13.9. The minimum absolute atomic E-state index is 0.0578. The van der Waals surface area contributed by atoms with Crippen LogP contribution >= 0.6 is 23.4 Å². The first-order valence-electron chi connectivity index (χ1n) is 6.86. The number of hydrogen-bond donors (Lipinski definition) is 1. The lowest BCUT2D eigenvalue weighted by Crippen LogP contribution is -2.15. The highest BCUT2D eigenvalue weighted by molar-refractivity contribution is 8.00. The summed E-state index contributed by atoms with van der Waals surface area (Å²) in [6, 6.07) is 9.46. The molecule has 0 unspecified atom stereocenters. The number of carbonyl (C=O) groups is 2. The molecule has 6 heteroatoms. The standard InChI is InChI=1S/C17H15ClFNO2S/c1-10-3-5-13(18)8-15(10)20-17(22)9-23-16-6-4-12(11(2)21)7-14(16)19/h3-8H,9H2,1-2H3,(H,20,22). The van der Waals surface area contributed by atoms with Gasteiger partial charge >= 0.3 is 0 Å². The largest absolute Gasteiger partial charge is 0.325 e. The van der Waals surface area contributed by atoms with Gasteiger partial charge in [-0.25, -0.2) is 4.39 Å². The molecule has 0 radical (unpaired) electrons. The Balaban J connectivity index is 1.99. The SMILES string of the molecule is CC(=O)c1ccc(SCC(=O)Nc2cc(Cl)ccc2C)c(F)c1. The lowest BCUT2D eigenvalue weighted by atomic mass is 10.1. The van der Waals surface area contributed by atoms with Crippen LogP contribution in [0.3, 0.4) is 0 Å². The summed E-state index contributed by atoms with van der Waals surface area (Å²) >= 11 is 6.97. The van der Waals surface area contributed by atoms with Crippen molar-refractivity contribution in [2.24, 2.45) is 0 Å². The molecule has 1 N–H and O–H groups in total. The fourth-order valence-electron chi connectivity index (χ4n) is 1.90. The Morgan fingerprint density at radius 1 is 1.22 bits per heavy atom. The molecule has 0 saturated heterocycles. The average Bonchev–Trinajstić information content (AvgIpc) is 2.49. The minimum Gasteiger partial charge on any atom is -0.325 e. The third kappa shape index (κ3) is 4.81. The zero-order valence-electron chi connectivity index (χ0n) is 12.7. The van der Waals surface area contributed by atoms with Crippen molar-refractivity contribution < 1.29 is 14.0 Å². The van der Waals surface area contributed by atoms with Crippen LogP contribution in [0, 0.1) is 12.7 Å². The molecule has 0 heterocycles. The number of carbonyl (C=O) groups excluding carboxylic acids is 2. The van der Waals surface area contributed by atoms with Gasteiger partial charge in [0.15, 0.2) is 5.78 Å². The number of ketones is 1. The van der Waals surface area contributed by atoms with Gasteiger partial charge in [0, 0.05) is 21.2 Å². The molecule has 0 spiro atoms. The van der Waals surface area contributed by atoms with Crippen LogP contribution < -0.4 is 5.32 Å². The van der Waals surface area contributed by atoms with Gasteiger partial charge in [-0.05, 0) is 43.7 Å². The van der Waals surface area contributed by atoms with Crippen LogP contribution in [0.15, 0.2) is 41.3 Å². The Labute approximate surface area is 143 Å². The van der Waals surface area contributed by atoms with Gasteiger partial charge in [-0.15, -0.1) is 11.8 Å². The maximum atomic E-state index is 13.9. The minimum atomic E-state index is -0.505. The van der Waals surface area contributed by atoms with E-state index >= 15 is 0 Å². The second-order valence-corrected chi connectivity index (χ2v) is 6.45. The summed E-state index contributed by atoms with van der Waals surface area (Å²) < 4.78 is 13.9. The average molecular weight is 352 g/mol. The summed E-state index contributed by atoms with van der Waals surface area (Å²) in [5.41, 5.74) is 1.84. The molecule has 3 nitrogen and oxygen atoms in total. The number of amides is 1. The molecule has 0 aliphatic rings. The van der Waals surface area contributed by atoms with Crippen LogP contribution in [0.2, 0.25) is 5.02 Å². The van der Waals surface area contributed by atoms with Crippen molar-refractivity contribution >= 4 is 40.7 Å². The Morgan fingerprint density at radius 3 is 2.61 bits per heavy atom. The van der Waals surface area contributed by atoms with Crippen molar-refractivity contribution in [3.8, 4) is 0 Å². The molecule has 0 aliphatic heterocycles. The number of benzene rings is 2. The highest BCUT2D eigenvalue weighted by Gasteiger charge is 2.10. The van der Waals surface area contributed by atoms with Gasteiger partial charge < -0.3 is 5.32 Å². The summed E-state index contributed by atoms with van der Waals surface area (Å²) in [5, 5.41) is 3.28. The summed E-state index contributed by atoms with van der Waals surface area (Å²) in [6.07, 6.45) is 0. The normalized spacial score (nSPS) is 10.4. The van der Waals surface area contributed by atoms with Gasteiger partial charge in [-0.1, -0.05) is 23.7 Å². The van der Waals surface area contributed by atoms with E-state index in [2.05, 4.69) is 5.32 Å². The predicted octanol–water partition coefficient (Wildman–Crippen LogP) is 4.72. The second-order valence-electron chi connectivity index (χ2n) is 5.00. The van der Waals surface area contributed by atoms with Gasteiger partial charge in [0.2, 0.25) is 5.91 Å². The zero-order chi connectivity index (χ0) is 17.0. The van der Waals surface area contributed by atoms with E-state index in [4.69, 9.17) is 11.6 Å². The molecule has 0 saturated carbocycles. The fourth-order valence-corrected chi connectivity index (χ4v) is 2.79. The Kier molecular flexibility index (Phi) is 5.80. The van der Waals surface area contributed by atoms with Crippen molar-refractivity contribution in [2.45, 2.75) is 18.7 Å². The lowest BCUT2D eigenvalue weighted by molar-refractivity contribution is -0.113. The van der Waals surface area contributed by atoms with Crippen LogP contribution in [-0.2, 0) is 4.79 Å². The molecule has 120 valence electrons. The number of rotatable bonds is 5. The van der Waals surface area contributed by atoms with E-state index in [1.165, 1.54) is 19.1 Å². The quantitative estimate of drug-likeness (QED) is 0.626. The molecule has 0 atom stereocenters. The van der Waals surface area contributed by atoms with Crippen molar-refractivity contribution in [3.05, 3.63) is 58.4 Å². The number of nitrogens with one attached hydrogen (secondary N) is 1. The van der Waals surface area contributed by atoms with Gasteiger partial charge in [-0.3, -0.25) is 9.59 Å². The molecule has 2 aromatic carbocycles. The molecule has 0 aliphatic carbocycles.